The third kappa shape index (κ3) is 1.93. The highest BCUT2D eigenvalue weighted by Crippen LogP contribution is 2.28. The van der Waals surface area contributed by atoms with Crippen LogP contribution in [0.1, 0.15) is 18.6 Å². The maximum atomic E-state index is 9.48. The van der Waals surface area contributed by atoms with E-state index in [1.165, 1.54) is 0 Å². The summed E-state index contributed by atoms with van der Waals surface area (Å²) in [6.07, 6.45) is -0.631. The first-order valence-electron chi connectivity index (χ1n) is 4.52. The van der Waals surface area contributed by atoms with E-state index >= 15 is 0 Å². The van der Waals surface area contributed by atoms with Crippen molar-refractivity contribution in [3.8, 4) is 0 Å². The van der Waals surface area contributed by atoms with Gasteiger partial charge < -0.3 is 5.11 Å². The Morgan fingerprint density at radius 3 is 2.73 bits per heavy atom. The van der Waals surface area contributed by atoms with Crippen LogP contribution in [0.25, 0.3) is 10.9 Å². The van der Waals surface area contributed by atoms with Gasteiger partial charge in [-0.3, -0.25) is 0 Å². The van der Waals surface area contributed by atoms with Gasteiger partial charge in [-0.1, -0.05) is 35.3 Å². The van der Waals surface area contributed by atoms with Gasteiger partial charge in [0.2, 0.25) is 0 Å². The molecule has 2 nitrogen and oxygen atoms in total. The Labute approximate surface area is 97.5 Å². The highest BCUT2D eigenvalue weighted by molar-refractivity contribution is 6.35. The number of aliphatic hydroxyl groups is 1. The average Bonchev–Trinajstić information content (AvgIpc) is 2.18. The second-order valence-corrected chi connectivity index (χ2v) is 4.12. The van der Waals surface area contributed by atoms with Gasteiger partial charge in [0.25, 0.3) is 0 Å². The van der Waals surface area contributed by atoms with Crippen LogP contribution in [0.4, 0.5) is 0 Å². The van der Waals surface area contributed by atoms with Gasteiger partial charge in [-0.15, -0.1) is 0 Å². The summed E-state index contributed by atoms with van der Waals surface area (Å²) in [6.45, 7) is 1.65. The molecule has 1 N–H and O–H groups in total. The smallest absolute Gasteiger partial charge is 0.135 e. The standard InChI is InChI=1S/C11H9Cl2NO/c1-6(15)8-5-7-3-2-4-9(12)10(7)14-11(8)13/h2-6,15H,1H3/t6-/m1/s1. The Balaban J connectivity index is 2.76. The van der Waals surface area contributed by atoms with Crippen LogP contribution in [-0.2, 0) is 0 Å². The number of para-hydroxylation sites is 1. The molecule has 0 unspecified atom stereocenters. The lowest BCUT2D eigenvalue weighted by molar-refractivity contribution is 0.199. The molecule has 0 saturated heterocycles. The van der Waals surface area contributed by atoms with Crippen molar-refractivity contribution in [2.45, 2.75) is 13.0 Å². The Bertz CT molecular complexity index is 511. The number of halogens is 2. The summed E-state index contributed by atoms with van der Waals surface area (Å²) in [6, 6.07) is 7.29. The molecule has 0 bridgehead atoms. The molecule has 0 saturated carbocycles. The molecule has 1 aromatic heterocycles. The number of rotatable bonds is 1. The number of hydrogen-bond donors (Lipinski definition) is 1. The highest BCUT2D eigenvalue weighted by atomic mass is 35.5. The lowest BCUT2D eigenvalue weighted by Crippen LogP contribution is -1.95. The van der Waals surface area contributed by atoms with Crippen molar-refractivity contribution in [1.29, 1.82) is 0 Å². The summed E-state index contributed by atoms with van der Waals surface area (Å²) >= 11 is 11.9. The van der Waals surface area contributed by atoms with Crippen molar-refractivity contribution in [1.82, 2.24) is 4.98 Å². The molecule has 1 atom stereocenters. The zero-order valence-corrected chi connectivity index (χ0v) is 9.55. The first-order chi connectivity index (χ1) is 7.09. The summed E-state index contributed by atoms with van der Waals surface area (Å²) in [7, 11) is 0. The summed E-state index contributed by atoms with van der Waals surface area (Å²) < 4.78 is 0. The molecule has 4 heteroatoms. The summed E-state index contributed by atoms with van der Waals surface area (Å²) in [4.78, 5) is 4.17. The van der Waals surface area contributed by atoms with Crippen molar-refractivity contribution < 1.29 is 5.11 Å². The molecular formula is C11H9Cl2NO. The molecular weight excluding hydrogens is 233 g/mol. The second-order valence-electron chi connectivity index (χ2n) is 3.36. The van der Waals surface area contributed by atoms with Gasteiger partial charge in [0.15, 0.2) is 0 Å². The fourth-order valence-electron chi connectivity index (χ4n) is 1.45. The maximum Gasteiger partial charge on any atom is 0.135 e. The first-order valence-corrected chi connectivity index (χ1v) is 5.28. The average molecular weight is 242 g/mol. The van der Waals surface area contributed by atoms with E-state index in [2.05, 4.69) is 4.98 Å². The number of aromatic nitrogens is 1. The third-order valence-corrected chi connectivity index (χ3v) is 2.83. The summed E-state index contributed by atoms with van der Waals surface area (Å²) in [5.41, 5.74) is 1.28. The third-order valence-electron chi connectivity index (χ3n) is 2.23. The van der Waals surface area contributed by atoms with Crippen molar-refractivity contribution in [2.75, 3.05) is 0 Å². The monoisotopic (exact) mass is 241 g/mol. The van der Waals surface area contributed by atoms with E-state index in [0.29, 0.717) is 21.3 Å². The molecule has 1 aromatic carbocycles. The number of pyridine rings is 1. The minimum atomic E-state index is -0.631. The Hall–Kier alpha value is -0.830. The van der Waals surface area contributed by atoms with Crippen molar-refractivity contribution in [2.24, 2.45) is 0 Å². The maximum absolute atomic E-state index is 9.48. The van der Waals surface area contributed by atoms with Crippen LogP contribution in [0.15, 0.2) is 24.3 Å². The topological polar surface area (TPSA) is 33.1 Å². The summed E-state index contributed by atoms with van der Waals surface area (Å²) in [5.74, 6) is 0. The lowest BCUT2D eigenvalue weighted by atomic mass is 10.1. The molecule has 15 heavy (non-hydrogen) atoms. The summed E-state index contributed by atoms with van der Waals surface area (Å²) in [5, 5.41) is 11.2. The largest absolute Gasteiger partial charge is 0.389 e. The molecule has 2 aromatic rings. The molecule has 78 valence electrons. The van der Waals surface area contributed by atoms with Crippen LogP contribution in [0, 0.1) is 0 Å². The molecule has 0 fully saturated rings. The molecule has 0 aliphatic heterocycles. The molecule has 2 rings (SSSR count). The number of hydrogen-bond acceptors (Lipinski definition) is 2. The van der Waals surface area contributed by atoms with Gasteiger partial charge in [-0.25, -0.2) is 4.98 Å². The van der Waals surface area contributed by atoms with E-state index in [1.54, 1.807) is 19.1 Å². The van der Waals surface area contributed by atoms with Crippen LogP contribution in [0.3, 0.4) is 0 Å². The van der Waals surface area contributed by atoms with Crippen LogP contribution < -0.4 is 0 Å². The quantitative estimate of drug-likeness (QED) is 0.775. The molecule has 0 amide bonds. The number of nitrogens with zero attached hydrogens (tertiary/aromatic N) is 1. The van der Waals surface area contributed by atoms with E-state index in [4.69, 9.17) is 23.2 Å². The number of aliphatic hydroxyl groups excluding tert-OH is 1. The minimum Gasteiger partial charge on any atom is -0.389 e. The molecule has 1 heterocycles. The SMILES string of the molecule is C[C@@H](O)c1cc2cccc(Cl)c2nc1Cl. The van der Waals surface area contributed by atoms with Gasteiger partial charge in [0, 0.05) is 10.9 Å². The van der Waals surface area contributed by atoms with E-state index in [1.807, 2.05) is 12.1 Å². The Morgan fingerprint density at radius 2 is 2.07 bits per heavy atom. The first kappa shape index (κ1) is 10.7. The molecule has 0 spiro atoms. The van der Waals surface area contributed by atoms with Gasteiger partial charge >= 0.3 is 0 Å². The van der Waals surface area contributed by atoms with Gasteiger partial charge in [-0.2, -0.15) is 0 Å². The number of benzene rings is 1. The van der Waals surface area contributed by atoms with Crippen LogP contribution in [-0.4, -0.2) is 10.1 Å². The fraction of sp³-hybridized carbons (Fsp3) is 0.182. The van der Waals surface area contributed by atoms with E-state index in [-0.39, 0.29) is 0 Å². The highest BCUT2D eigenvalue weighted by Gasteiger charge is 2.10. The van der Waals surface area contributed by atoms with Crippen molar-refractivity contribution in [3.05, 3.63) is 40.0 Å². The van der Waals surface area contributed by atoms with Gasteiger partial charge in [-0.05, 0) is 19.1 Å². The van der Waals surface area contributed by atoms with Gasteiger partial charge in [0.1, 0.15) is 5.15 Å². The van der Waals surface area contributed by atoms with E-state index in [0.717, 1.165) is 5.39 Å². The lowest BCUT2D eigenvalue weighted by Gasteiger charge is -2.08. The number of fused-ring (bicyclic) bond motifs is 1. The predicted octanol–water partition coefficient (Wildman–Crippen LogP) is 3.59. The minimum absolute atomic E-state index is 0.297. The second kappa shape index (κ2) is 3.97. The van der Waals surface area contributed by atoms with E-state index < -0.39 is 6.10 Å². The van der Waals surface area contributed by atoms with Crippen molar-refractivity contribution >= 4 is 34.1 Å². The zero-order chi connectivity index (χ0) is 11.0. The fourth-order valence-corrected chi connectivity index (χ4v) is 1.97. The molecule has 0 radical (unpaired) electrons. The molecule has 0 aliphatic rings. The predicted molar refractivity (Wildman–Crippen MR) is 62.4 cm³/mol. The van der Waals surface area contributed by atoms with Crippen molar-refractivity contribution in [3.63, 3.8) is 0 Å². The molecule has 0 aliphatic carbocycles. The normalized spacial score (nSPS) is 13.1. The van der Waals surface area contributed by atoms with Crippen LogP contribution >= 0.6 is 23.2 Å². The van der Waals surface area contributed by atoms with Crippen LogP contribution in [0.2, 0.25) is 10.2 Å². The Kier molecular flexibility index (Phi) is 2.83. The Morgan fingerprint density at radius 1 is 1.33 bits per heavy atom. The van der Waals surface area contributed by atoms with Crippen LogP contribution in [0.5, 0.6) is 0 Å². The zero-order valence-electron chi connectivity index (χ0n) is 8.04. The van der Waals surface area contributed by atoms with E-state index in [9.17, 15) is 5.11 Å². The van der Waals surface area contributed by atoms with Gasteiger partial charge in [0.05, 0.1) is 16.6 Å².